The second-order valence-electron chi connectivity index (χ2n) is 7.23. The lowest BCUT2D eigenvalue weighted by molar-refractivity contribution is 0.0970. The van der Waals surface area contributed by atoms with Crippen molar-refractivity contribution in [1.29, 1.82) is 0 Å². The predicted molar refractivity (Wildman–Crippen MR) is 131 cm³/mol. The maximum Gasteiger partial charge on any atom is 0.302 e. The van der Waals surface area contributed by atoms with E-state index in [1.807, 2.05) is 0 Å². The van der Waals surface area contributed by atoms with Gasteiger partial charge in [0.2, 0.25) is 0 Å². The molecule has 1 aliphatic rings. The highest BCUT2D eigenvalue weighted by Crippen LogP contribution is 2.19. The number of nitrogens with two attached hydrogens (primary N) is 6. The van der Waals surface area contributed by atoms with Crippen LogP contribution in [0.5, 0.6) is 0 Å². The molecule has 3 rings (SSSR count). The van der Waals surface area contributed by atoms with Crippen LogP contribution in [-0.2, 0) is 0 Å². The highest BCUT2D eigenvalue weighted by Gasteiger charge is 2.23. The van der Waals surface area contributed by atoms with E-state index in [1.54, 1.807) is 4.90 Å². The number of halogens is 2. The van der Waals surface area contributed by atoms with Gasteiger partial charge in [-0.1, -0.05) is 23.2 Å². The standard InChI is InChI=1S/C17H22Cl2N14O2/c18-8-12(22)29-10(20)6(27-8)14(34)31-16(24)26-5-1-3-33(4-2-5)17(25)32-15(35)7-11(21)30-13(23)9(19)28-7/h5H,1-4H2,(H4,20,22,29)(H4,21,23,30)(H2,25,32,35)(H3,24,26,31,34). The van der Waals surface area contributed by atoms with Crippen LogP contribution in [0.25, 0.3) is 0 Å². The Morgan fingerprint density at radius 1 is 0.857 bits per heavy atom. The predicted octanol–water partition coefficient (Wildman–Crippen LogP) is -1.43. The first-order chi connectivity index (χ1) is 16.5. The fourth-order valence-corrected chi connectivity index (χ4v) is 3.32. The van der Waals surface area contributed by atoms with Gasteiger partial charge in [0, 0.05) is 13.1 Å². The van der Waals surface area contributed by atoms with Crippen molar-refractivity contribution in [3.8, 4) is 0 Å². The zero-order valence-corrected chi connectivity index (χ0v) is 19.6. The minimum atomic E-state index is -0.813. The van der Waals surface area contributed by atoms with E-state index in [4.69, 9.17) is 57.6 Å². The Kier molecular flexibility index (Phi) is 7.55. The number of carbonyl (C=O) groups excluding carboxylic acids is 2. The highest BCUT2D eigenvalue weighted by atomic mass is 35.5. The number of nitrogens with one attached hydrogen (secondary N) is 1. The number of aromatic nitrogens is 4. The molecule has 1 fully saturated rings. The number of amides is 2. The van der Waals surface area contributed by atoms with Crippen molar-refractivity contribution in [2.24, 2.45) is 21.5 Å². The number of likely N-dealkylation sites (tertiary alicyclic amines) is 1. The molecule has 0 aliphatic carbocycles. The normalized spacial score (nSPS) is 15.2. The molecule has 18 heteroatoms. The second kappa shape index (κ2) is 10.4. The summed E-state index contributed by atoms with van der Waals surface area (Å²) in [6, 6.07) is -0.231. The molecule has 0 spiro atoms. The summed E-state index contributed by atoms with van der Waals surface area (Å²) < 4.78 is 0. The fourth-order valence-electron chi connectivity index (χ4n) is 3.06. The van der Waals surface area contributed by atoms with E-state index < -0.39 is 11.8 Å². The van der Waals surface area contributed by atoms with Crippen molar-refractivity contribution in [2.45, 2.75) is 18.9 Å². The molecule has 3 heterocycles. The first kappa shape index (κ1) is 25.4. The van der Waals surface area contributed by atoms with Crippen LogP contribution >= 0.6 is 23.2 Å². The van der Waals surface area contributed by atoms with Gasteiger partial charge in [-0.3, -0.25) is 14.9 Å². The molecule has 0 bridgehead atoms. The zero-order chi connectivity index (χ0) is 25.9. The number of piperidine rings is 1. The monoisotopic (exact) mass is 524 g/mol. The summed E-state index contributed by atoms with van der Waals surface area (Å²) in [6.07, 6.45) is 1.01. The van der Waals surface area contributed by atoms with E-state index in [-0.39, 0.29) is 62.9 Å². The van der Waals surface area contributed by atoms with Crippen molar-refractivity contribution in [2.75, 3.05) is 36.0 Å². The number of rotatable bonds is 3. The molecule has 2 aromatic rings. The van der Waals surface area contributed by atoms with E-state index in [1.165, 1.54) is 0 Å². The van der Waals surface area contributed by atoms with Crippen molar-refractivity contribution in [1.82, 2.24) is 30.2 Å². The van der Waals surface area contributed by atoms with Gasteiger partial charge in [-0.2, -0.15) is 4.99 Å². The lowest BCUT2D eigenvalue weighted by Crippen LogP contribution is -2.45. The molecule has 1 saturated heterocycles. The Morgan fingerprint density at radius 3 is 1.94 bits per heavy atom. The molecular formula is C17H22Cl2N14O2. The third-order valence-electron chi connectivity index (χ3n) is 4.80. The summed E-state index contributed by atoms with van der Waals surface area (Å²) >= 11 is 11.6. The van der Waals surface area contributed by atoms with Crippen LogP contribution in [0.1, 0.15) is 33.8 Å². The van der Waals surface area contributed by atoms with E-state index in [0.717, 1.165) is 0 Å². The first-order valence-electron chi connectivity index (χ1n) is 9.91. The number of hydrogen-bond acceptors (Lipinski definition) is 11. The largest absolute Gasteiger partial charge is 0.382 e. The SMILES string of the molecule is NC(=NC1CCN(C(N)=NC(=O)c2nc(Cl)c(N)nc2N)CC1)NC(=O)c1nc(Cl)c(N)nc1N. The number of nitrogens with zero attached hydrogens (tertiary/aromatic N) is 7. The second-order valence-corrected chi connectivity index (χ2v) is 7.94. The van der Waals surface area contributed by atoms with Gasteiger partial charge < -0.3 is 39.3 Å². The van der Waals surface area contributed by atoms with Crippen LogP contribution in [0.3, 0.4) is 0 Å². The Labute approximate surface area is 208 Å². The third kappa shape index (κ3) is 6.04. The first-order valence-corrected chi connectivity index (χ1v) is 10.7. The van der Waals surface area contributed by atoms with Gasteiger partial charge in [0.05, 0.1) is 6.04 Å². The van der Waals surface area contributed by atoms with Crippen LogP contribution in [0.4, 0.5) is 23.3 Å². The molecule has 0 saturated carbocycles. The lowest BCUT2D eigenvalue weighted by atomic mass is 10.1. The summed E-state index contributed by atoms with van der Waals surface area (Å²) in [7, 11) is 0. The quantitative estimate of drug-likeness (QED) is 0.179. The van der Waals surface area contributed by atoms with Gasteiger partial charge in [0.15, 0.2) is 56.9 Å². The summed E-state index contributed by atoms with van der Waals surface area (Å²) in [5.41, 5.74) is 33.6. The molecule has 2 amide bonds. The average molecular weight is 525 g/mol. The van der Waals surface area contributed by atoms with Crippen molar-refractivity contribution >= 4 is 70.2 Å². The molecule has 0 atom stereocenters. The Morgan fingerprint density at radius 2 is 1.37 bits per heavy atom. The molecule has 2 aromatic heterocycles. The van der Waals surface area contributed by atoms with Crippen molar-refractivity contribution < 1.29 is 9.59 Å². The third-order valence-corrected chi connectivity index (χ3v) is 5.35. The minimum Gasteiger partial charge on any atom is -0.382 e. The van der Waals surface area contributed by atoms with Crippen LogP contribution in [0.2, 0.25) is 10.3 Å². The van der Waals surface area contributed by atoms with Gasteiger partial charge in [-0.15, -0.1) is 0 Å². The van der Waals surface area contributed by atoms with Gasteiger partial charge in [0.25, 0.3) is 5.91 Å². The van der Waals surface area contributed by atoms with Crippen LogP contribution in [0, 0.1) is 0 Å². The Hall–Kier alpha value is -4.18. The number of nitrogen functional groups attached to an aromatic ring is 4. The summed E-state index contributed by atoms with van der Waals surface area (Å²) in [4.78, 5) is 49.6. The maximum atomic E-state index is 12.4. The van der Waals surface area contributed by atoms with E-state index in [9.17, 15) is 9.59 Å². The van der Waals surface area contributed by atoms with Gasteiger partial charge >= 0.3 is 5.91 Å². The molecule has 0 radical (unpaired) electrons. The molecule has 186 valence electrons. The average Bonchev–Trinajstić information content (AvgIpc) is 2.78. The number of guanidine groups is 2. The van der Waals surface area contributed by atoms with Crippen molar-refractivity contribution in [3.05, 3.63) is 21.7 Å². The maximum absolute atomic E-state index is 12.4. The number of hydrogen-bond donors (Lipinski definition) is 7. The lowest BCUT2D eigenvalue weighted by Gasteiger charge is -2.30. The minimum absolute atomic E-state index is 0.0397. The number of aliphatic imine (C=N–C) groups is 2. The van der Waals surface area contributed by atoms with Gasteiger partial charge in [0.1, 0.15) is 0 Å². The Balaban J connectivity index is 1.59. The molecule has 16 nitrogen and oxygen atoms in total. The van der Waals surface area contributed by atoms with E-state index in [2.05, 4.69) is 35.2 Å². The smallest absolute Gasteiger partial charge is 0.302 e. The molecule has 1 aliphatic heterocycles. The summed E-state index contributed by atoms with van der Waals surface area (Å²) in [6.45, 7) is 0.821. The zero-order valence-electron chi connectivity index (χ0n) is 18.1. The van der Waals surface area contributed by atoms with Crippen molar-refractivity contribution in [3.63, 3.8) is 0 Å². The molecular weight excluding hydrogens is 503 g/mol. The van der Waals surface area contributed by atoms with E-state index in [0.29, 0.717) is 25.9 Å². The van der Waals surface area contributed by atoms with Crippen LogP contribution in [-0.4, -0.2) is 67.7 Å². The fraction of sp³-hybridized carbons (Fsp3) is 0.294. The van der Waals surface area contributed by atoms with E-state index >= 15 is 0 Å². The molecule has 35 heavy (non-hydrogen) atoms. The summed E-state index contributed by atoms with van der Waals surface area (Å²) in [5, 5.41) is 2.04. The molecule has 0 unspecified atom stereocenters. The van der Waals surface area contributed by atoms with Gasteiger partial charge in [-0.25, -0.2) is 24.9 Å². The summed E-state index contributed by atoms with van der Waals surface area (Å²) in [5.74, 6) is -2.37. The number of anilines is 4. The Bertz CT molecular complexity index is 1230. The molecule has 0 aromatic carbocycles. The molecule has 13 N–H and O–H groups in total. The van der Waals surface area contributed by atoms with Crippen LogP contribution in [0.15, 0.2) is 9.98 Å². The van der Waals surface area contributed by atoms with Crippen LogP contribution < -0.4 is 39.7 Å². The number of carbonyl (C=O) groups is 2. The topological polar surface area (TPSA) is 282 Å². The van der Waals surface area contributed by atoms with Gasteiger partial charge in [-0.05, 0) is 12.8 Å². The highest BCUT2D eigenvalue weighted by molar-refractivity contribution is 6.32.